The number of benzene rings is 1. The Labute approximate surface area is 168 Å². The minimum absolute atomic E-state index is 0.177. The number of ether oxygens (including phenoxy) is 1. The normalized spacial score (nSPS) is 25.3. The summed E-state index contributed by atoms with van der Waals surface area (Å²) < 4.78 is 5.60. The van der Waals surface area contributed by atoms with Gasteiger partial charge < -0.3 is 9.64 Å². The van der Waals surface area contributed by atoms with Gasteiger partial charge in [-0.3, -0.25) is 9.69 Å². The second-order valence-electron chi connectivity index (χ2n) is 7.45. The van der Waals surface area contributed by atoms with E-state index in [1.54, 1.807) is 33.3 Å². The first-order chi connectivity index (χ1) is 12.8. The molecule has 2 unspecified atom stereocenters. The zero-order valence-corrected chi connectivity index (χ0v) is 17.3. The molecule has 0 radical (unpaired) electrons. The molecule has 0 aromatic heterocycles. The molecule has 8 heteroatoms. The van der Waals surface area contributed by atoms with Crippen LogP contribution in [-0.2, 0) is 9.53 Å². The molecule has 0 spiro atoms. The Hall–Kier alpha value is -1.85. The van der Waals surface area contributed by atoms with Crippen LogP contribution in [0.1, 0.15) is 31.7 Å². The summed E-state index contributed by atoms with van der Waals surface area (Å²) in [7, 11) is 0. The maximum atomic E-state index is 13.2. The lowest BCUT2D eigenvalue weighted by Crippen LogP contribution is -2.51. The van der Waals surface area contributed by atoms with Crippen molar-refractivity contribution < 1.29 is 14.3 Å². The quantitative estimate of drug-likeness (QED) is 0.750. The van der Waals surface area contributed by atoms with E-state index in [9.17, 15) is 14.9 Å². The van der Waals surface area contributed by atoms with E-state index in [0.717, 1.165) is 5.56 Å². The lowest BCUT2D eigenvalue weighted by molar-refractivity contribution is -0.135. The first-order valence-corrected chi connectivity index (χ1v) is 11.0. The van der Waals surface area contributed by atoms with Gasteiger partial charge in [-0.05, 0) is 26.3 Å². The lowest BCUT2D eigenvalue weighted by Gasteiger charge is -2.33. The van der Waals surface area contributed by atoms with Crippen LogP contribution in [0.5, 0.6) is 0 Å². The zero-order valence-electron chi connectivity index (χ0n) is 15.6. The third-order valence-electron chi connectivity index (χ3n) is 4.29. The van der Waals surface area contributed by atoms with Crippen LogP contribution in [0, 0.1) is 11.3 Å². The highest BCUT2D eigenvalue weighted by Crippen LogP contribution is 2.43. The lowest BCUT2D eigenvalue weighted by atomic mass is 10.1. The predicted molar refractivity (Wildman–Crippen MR) is 107 cm³/mol. The van der Waals surface area contributed by atoms with E-state index in [1.165, 1.54) is 0 Å². The second kappa shape index (κ2) is 8.03. The van der Waals surface area contributed by atoms with Crippen molar-refractivity contribution in [3.8, 4) is 6.07 Å². The van der Waals surface area contributed by atoms with Gasteiger partial charge in [-0.15, -0.1) is 23.5 Å². The molecule has 3 rings (SSSR count). The molecule has 0 aliphatic carbocycles. The largest absolute Gasteiger partial charge is 0.444 e. The molecule has 2 aliphatic rings. The van der Waals surface area contributed by atoms with Crippen LogP contribution >= 0.6 is 23.5 Å². The molecule has 1 aromatic rings. The molecule has 2 aliphatic heterocycles. The Bertz CT molecular complexity index is 745. The van der Waals surface area contributed by atoms with E-state index in [4.69, 9.17) is 4.74 Å². The molecule has 27 heavy (non-hydrogen) atoms. The van der Waals surface area contributed by atoms with Crippen molar-refractivity contribution in [2.75, 3.05) is 17.4 Å². The molecular formula is C19H23N3O3S2. The average Bonchev–Trinajstić information content (AvgIpc) is 3.27. The number of nitrogens with zero attached hydrogens (tertiary/aromatic N) is 3. The monoisotopic (exact) mass is 405 g/mol. The standard InChI is InChI=1S/C19H23N3O3S2/c1-19(2,3)25-18(24)22-15(16(23)21-12-26-10-14(21)9-20)11-27-17(22)13-7-5-4-6-8-13/h4-8,14-15,17H,10-12H2,1-3H3/t14-,15?,17?/m1/s1. The van der Waals surface area contributed by atoms with Crippen molar-refractivity contribution in [3.63, 3.8) is 0 Å². The smallest absolute Gasteiger partial charge is 0.412 e. The van der Waals surface area contributed by atoms with E-state index in [-0.39, 0.29) is 11.3 Å². The fourth-order valence-electron chi connectivity index (χ4n) is 3.07. The van der Waals surface area contributed by atoms with Crippen LogP contribution in [0.15, 0.2) is 30.3 Å². The van der Waals surface area contributed by atoms with Gasteiger partial charge in [0.05, 0.1) is 11.9 Å². The van der Waals surface area contributed by atoms with Crippen molar-refractivity contribution >= 4 is 35.5 Å². The Kier molecular flexibility index (Phi) is 5.92. The molecule has 2 saturated heterocycles. The van der Waals surface area contributed by atoms with Crippen molar-refractivity contribution in [2.24, 2.45) is 0 Å². The van der Waals surface area contributed by atoms with Crippen LogP contribution in [0.25, 0.3) is 0 Å². The van der Waals surface area contributed by atoms with Crippen LogP contribution in [0.3, 0.4) is 0 Å². The van der Waals surface area contributed by atoms with Crippen molar-refractivity contribution in [1.82, 2.24) is 9.80 Å². The number of hydrogen-bond donors (Lipinski definition) is 0. The highest BCUT2D eigenvalue weighted by atomic mass is 32.2. The Morgan fingerprint density at radius 2 is 1.93 bits per heavy atom. The third-order valence-corrected chi connectivity index (χ3v) is 6.62. The Balaban J connectivity index is 1.89. The summed E-state index contributed by atoms with van der Waals surface area (Å²) in [4.78, 5) is 29.3. The highest BCUT2D eigenvalue weighted by molar-refractivity contribution is 8.00. The number of thioether (sulfide) groups is 2. The summed E-state index contributed by atoms with van der Waals surface area (Å²) in [6.45, 7) is 5.43. The molecule has 1 aromatic carbocycles. The fraction of sp³-hybridized carbons (Fsp3) is 0.526. The molecule has 3 atom stereocenters. The Morgan fingerprint density at radius 3 is 2.56 bits per heavy atom. The topological polar surface area (TPSA) is 73.6 Å². The number of nitriles is 1. The maximum Gasteiger partial charge on any atom is 0.412 e. The predicted octanol–water partition coefficient (Wildman–Crippen LogP) is 3.46. The molecule has 0 bridgehead atoms. The SMILES string of the molecule is CC(C)(C)OC(=O)N1C(C(=O)N2CSC[C@H]2C#N)CSC1c1ccccc1. The molecule has 0 saturated carbocycles. The number of carbonyl (C=O) groups excluding carboxylic acids is 2. The van der Waals surface area contributed by atoms with Gasteiger partial charge in [-0.1, -0.05) is 30.3 Å². The van der Waals surface area contributed by atoms with Gasteiger partial charge in [0.15, 0.2) is 0 Å². The molecule has 2 fully saturated rings. The third kappa shape index (κ3) is 4.36. The van der Waals surface area contributed by atoms with E-state index in [2.05, 4.69) is 6.07 Å². The molecule has 0 N–H and O–H groups in total. The molecule has 6 nitrogen and oxygen atoms in total. The number of carbonyl (C=O) groups is 2. The number of hydrogen-bond acceptors (Lipinski definition) is 6. The van der Waals surface area contributed by atoms with Crippen molar-refractivity contribution in [1.29, 1.82) is 5.26 Å². The zero-order chi connectivity index (χ0) is 19.6. The molecule has 2 heterocycles. The summed E-state index contributed by atoms with van der Waals surface area (Å²) >= 11 is 3.11. The molecule has 144 valence electrons. The van der Waals surface area contributed by atoms with Gasteiger partial charge in [0.2, 0.25) is 5.91 Å². The van der Waals surface area contributed by atoms with E-state index in [1.807, 2.05) is 51.1 Å². The summed E-state index contributed by atoms with van der Waals surface area (Å²) in [5, 5.41) is 9.03. The van der Waals surface area contributed by atoms with Crippen molar-refractivity contribution in [3.05, 3.63) is 35.9 Å². The minimum atomic E-state index is -0.655. The van der Waals surface area contributed by atoms with Gasteiger partial charge in [0.1, 0.15) is 23.1 Å². The second-order valence-corrected chi connectivity index (χ2v) is 9.57. The van der Waals surface area contributed by atoms with Crippen LogP contribution in [-0.4, -0.2) is 56.9 Å². The van der Waals surface area contributed by atoms with Crippen LogP contribution < -0.4 is 0 Å². The van der Waals surface area contributed by atoms with Gasteiger partial charge in [0, 0.05) is 11.5 Å². The summed E-state index contributed by atoms with van der Waals surface area (Å²) in [5.41, 5.74) is 0.300. The first-order valence-electron chi connectivity index (χ1n) is 8.77. The first kappa shape index (κ1) is 19.9. The van der Waals surface area contributed by atoms with Crippen molar-refractivity contribution in [2.45, 2.75) is 43.8 Å². The number of amides is 2. The van der Waals surface area contributed by atoms with Gasteiger partial charge in [-0.2, -0.15) is 5.26 Å². The number of rotatable bonds is 2. The summed E-state index contributed by atoms with van der Waals surface area (Å²) in [6.07, 6.45) is -0.500. The Morgan fingerprint density at radius 1 is 1.22 bits per heavy atom. The maximum absolute atomic E-state index is 13.2. The summed E-state index contributed by atoms with van der Waals surface area (Å²) in [5.74, 6) is 1.40. The average molecular weight is 406 g/mol. The van der Waals surface area contributed by atoms with Gasteiger partial charge >= 0.3 is 6.09 Å². The summed E-state index contributed by atoms with van der Waals surface area (Å²) in [6, 6.07) is 10.8. The molecule has 2 amide bonds. The minimum Gasteiger partial charge on any atom is -0.444 e. The fourth-order valence-corrected chi connectivity index (χ4v) is 5.56. The van der Waals surface area contributed by atoms with Crippen LogP contribution in [0.2, 0.25) is 0 Å². The van der Waals surface area contributed by atoms with Crippen LogP contribution in [0.4, 0.5) is 4.79 Å². The van der Waals surface area contributed by atoms with Gasteiger partial charge in [-0.25, -0.2) is 4.79 Å². The van der Waals surface area contributed by atoms with Gasteiger partial charge in [0.25, 0.3) is 0 Å². The molecular weight excluding hydrogens is 382 g/mol. The van der Waals surface area contributed by atoms with E-state index >= 15 is 0 Å². The highest BCUT2D eigenvalue weighted by Gasteiger charge is 2.47. The van der Waals surface area contributed by atoms with E-state index in [0.29, 0.717) is 17.4 Å². The van der Waals surface area contributed by atoms with E-state index < -0.39 is 23.8 Å².